The third-order valence-electron chi connectivity index (χ3n) is 3.51. The Kier molecular flexibility index (Phi) is 5.53. The molecule has 2 aromatic heterocycles. The van der Waals surface area contributed by atoms with Crippen LogP contribution in [0.1, 0.15) is 49.4 Å². The number of aromatic nitrogens is 2. The summed E-state index contributed by atoms with van der Waals surface area (Å²) in [5.41, 5.74) is 0.386. The third kappa shape index (κ3) is 3.85. The van der Waals surface area contributed by atoms with Crippen molar-refractivity contribution in [2.24, 2.45) is 0 Å². The fourth-order valence-corrected chi connectivity index (χ4v) is 2.45. The van der Waals surface area contributed by atoms with Crippen LogP contribution in [0.5, 0.6) is 0 Å². The largest absolute Gasteiger partial charge is 0.462 e. The lowest BCUT2D eigenvalue weighted by molar-refractivity contribution is 0.0470. The van der Waals surface area contributed by atoms with Gasteiger partial charge in [-0.1, -0.05) is 0 Å². The lowest BCUT2D eigenvalue weighted by Gasteiger charge is -2.07. The smallest absolute Gasteiger partial charge is 0.344 e. The molecule has 0 unspecified atom stereocenters. The predicted molar refractivity (Wildman–Crippen MR) is 87.9 cm³/mol. The molecule has 2 aromatic rings. The standard InChI is InChI=1S/C17H18N2O6/c1-4-24-17(23)14-10(3)19-9(2)13(14)12(20)8-25-16(22)11-6-5-7-18-15(11)21/h5-7,19H,4,8H2,1-3H3,(H,18,21). The maximum atomic E-state index is 12.4. The SMILES string of the molecule is CCOC(=O)c1c(C)[nH]c(C)c1C(=O)COC(=O)c1ccc[nH]c1=O. The summed E-state index contributed by atoms with van der Waals surface area (Å²) in [7, 11) is 0. The number of ether oxygens (including phenoxy) is 2. The van der Waals surface area contributed by atoms with Crippen molar-refractivity contribution in [1.29, 1.82) is 0 Å². The van der Waals surface area contributed by atoms with Crippen molar-refractivity contribution in [2.45, 2.75) is 20.8 Å². The first-order valence-corrected chi connectivity index (χ1v) is 7.61. The van der Waals surface area contributed by atoms with Gasteiger partial charge in [-0.2, -0.15) is 0 Å². The van der Waals surface area contributed by atoms with Gasteiger partial charge >= 0.3 is 11.9 Å². The molecule has 0 aromatic carbocycles. The van der Waals surface area contributed by atoms with Gasteiger partial charge in [0.2, 0.25) is 5.78 Å². The number of esters is 2. The van der Waals surface area contributed by atoms with Crippen LogP contribution in [0.3, 0.4) is 0 Å². The van der Waals surface area contributed by atoms with Gasteiger partial charge in [0.05, 0.1) is 17.7 Å². The molecule has 0 aliphatic rings. The zero-order valence-corrected chi connectivity index (χ0v) is 14.1. The van der Waals surface area contributed by atoms with E-state index in [0.29, 0.717) is 11.4 Å². The average Bonchev–Trinajstić information content (AvgIpc) is 2.87. The molecular weight excluding hydrogens is 328 g/mol. The molecule has 25 heavy (non-hydrogen) atoms. The summed E-state index contributed by atoms with van der Waals surface area (Å²) in [6, 6.07) is 2.76. The maximum absolute atomic E-state index is 12.4. The number of carbonyl (C=O) groups excluding carboxylic acids is 3. The fraction of sp³-hybridized carbons (Fsp3) is 0.294. The van der Waals surface area contributed by atoms with Gasteiger partial charge < -0.3 is 19.4 Å². The van der Waals surface area contributed by atoms with Gasteiger partial charge in [0.25, 0.3) is 5.56 Å². The zero-order valence-electron chi connectivity index (χ0n) is 14.1. The number of aryl methyl sites for hydroxylation is 2. The van der Waals surface area contributed by atoms with Crippen LogP contribution in [0.25, 0.3) is 0 Å². The van der Waals surface area contributed by atoms with Crippen LogP contribution in [0, 0.1) is 13.8 Å². The molecule has 2 heterocycles. The Morgan fingerprint density at radius 1 is 1.04 bits per heavy atom. The number of pyridine rings is 1. The van der Waals surface area contributed by atoms with Crippen LogP contribution in [-0.4, -0.2) is 40.9 Å². The molecule has 0 bridgehead atoms. The summed E-state index contributed by atoms with van der Waals surface area (Å²) in [6.07, 6.45) is 1.38. The molecule has 0 saturated carbocycles. The number of H-pyrrole nitrogens is 2. The Morgan fingerprint density at radius 2 is 1.72 bits per heavy atom. The molecule has 2 rings (SSSR count). The molecule has 8 nitrogen and oxygen atoms in total. The van der Waals surface area contributed by atoms with Crippen LogP contribution in [0.4, 0.5) is 0 Å². The summed E-state index contributed by atoms with van der Waals surface area (Å²) in [6.45, 7) is 4.51. The third-order valence-corrected chi connectivity index (χ3v) is 3.51. The molecule has 2 N–H and O–H groups in total. The second kappa shape index (κ2) is 7.61. The molecule has 0 aliphatic heterocycles. The highest BCUT2D eigenvalue weighted by Gasteiger charge is 2.26. The monoisotopic (exact) mass is 346 g/mol. The van der Waals surface area contributed by atoms with Gasteiger partial charge in [-0.25, -0.2) is 9.59 Å². The van der Waals surface area contributed by atoms with E-state index in [9.17, 15) is 19.2 Å². The van der Waals surface area contributed by atoms with E-state index in [1.165, 1.54) is 18.3 Å². The topological polar surface area (TPSA) is 118 Å². The number of Topliss-reactive ketones (excluding diaryl/α,β-unsaturated/α-hetero) is 1. The van der Waals surface area contributed by atoms with Crippen LogP contribution in [0.2, 0.25) is 0 Å². The quantitative estimate of drug-likeness (QED) is 0.605. The van der Waals surface area contributed by atoms with E-state index in [4.69, 9.17) is 9.47 Å². The van der Waals surface area contributed by atoms with Gasteiger partial charge in [-0.15, -0.1) is 0 Å². The van der Waals surface area contributed by atoms with Gasteiger partial charge in [0.1, 0.15) is 5.56 Å². The summed E-state index contributed by atoms with van der Waals surface area (Å²) >= 11 is 0. The van der Waals surface area contributed by atoms with Gasteiger partial charge in [-0.05, 0) is 32.9 Å². The summed E-state index contributed by atoms with van der Waals surface area (Å²) in [4.78, 5) is 53.2. The van der Waals surface area contributed by atoms with Crippen molar-refractivity contribution in [3.8, 4) is 0 Å². The van der Waals surface area contributed by atoms with Gasteiger partial charge in [-0.3, -0.25) is 9.59 Å². The van der Waals surface area contributed by atoms with Crippen LogP contribution >= 0.6 is 0 Å². The number of nitrogens with one attached hydrogen (secondary N) is 2. The van der Waals surface area contributed by atoms with Crippen LogP contribution in [-0.2, 0) is 9.47 Å². The molecule has 0 radical (unpaired) electrons. The van der Waals surface area contributed by atoms with Gasteiger partial charge in [0.15, 0.2) is 6.61 Å². The van der Waals surface area contributed by atoms with E-state index in [1.807, 2.05) is 0 Å². The van der Waals surface area contributed by atoms with Crippen molar-refractivity contribution < 1.29 is 23.9 Å². The molecule has 132 valence electrons. The Hall–Kier alpha value is -3.16. The minimum atomic E-state index is -0.919. The molecule has 0 spiro atoms. The van der Waals surface area contributed by atoms with Crippen molar-refractivity contribution in [2.75, 3.05) is 13.2 Å². The van der Waals surface area contributed by atoms with E-state index in [0.717, 1.165) is 0 Å². The number of hydrogen-bond donors (Lipinski definition) is 2. The minimum absolute atomic E-state index is 0.116. The van der Waals surface area contributed by atoms with Crippen LogP contribution in [0.15, 0.2) is 23.1 Å². The number of ketones is 1. The number of hydrogen-bond acceptors (Lipinski definition) is 6. The first-order valence-electron chi connectivity index (χ1n) is 7.61. The second-order valence-corrected chi connectivity index (χ2v) is 5.26. The number of carbonyl (C=O) groups is 3. The lowest BCUT2D eigenvalue weighted by Crippen LogP contribution is -2.22. The molecular formula is C17H18N2O6. The minimum Gasteiger partial charge on any atom is -0.462 e. The Bertz CT molecular complexity index is 878. The maximum Gasteiger partial charge on any atom is 0.344 e. The highest BCUT2D eigenvalue weighted by molar-refractivity contribution is 6.09. The highest BCUT2D eigenvalue weighted by atomic mass is 16.5. The first kappa shape index (κ1) is 18.2. The second-order valence-electron chi connectivity index (χ2n) is 5.26. The summed E-state index contributed by atoms with van der Waals surface area (Å²) < 4.78 is 9.87. The van der Waals surface area contributed by atoms with Crippen molar-refractivity contribution in [1.82, 2.24) is 9.97 Å². The lowest BCUT2D eigenvalue weighted by atomic mass is 10.1. The zero-order chi connectivity index (χ0) is 18.6. The molecule has 0 aliphatic carbocycles. The van der Waals surface area contributed by atoms with E-state index >= 15 is 0 Å². The Morgan fingerprint density at radius 3 is 2.36 bits per heavy atom. The van der Waals surface area contributed by atoms with E-state index < -0.39 is 29.9 Å². The Balaban J connectivity index is 2.19. The molecule has 0 atom stereocenters. The first-order chi connectivity index (χ1) is 11.9. The molecule has 8 heteroatoms. The predicted octanol–water partition coefficient (Wildman–Crippen LogP) is 1.54. The Labute approximate surface area is 143 Å². The number of rotatable bonds is 6. The molecule has 0 fully saturated rings. The van der Waals surface area contributed by atoms with E-state index in [-0.39, 0.29) is 23.3 Å². The van der Waals surface area contributed by atoms with E-state index in [2.05, 4.69) is 9.97 Å². The average molecular weight is 346 g/mol. The fourth-order valence-electron chi connectivity index (χ4n) is 2.45. The van der Waals surface area contributed by atoms with Gasteiger partial charge in [0, 0.05) is 17.6 Å². The molecule has 0 amide bonds. The molecule has 0 saturated heterocycles. The summed E-state index contributed by atoms with van der Waals surface area (Å²) in [5.74, 6) is -2.11. The van der Waals surface area contributed by atoms with E-state index in [1.54, 1.807) is 20.8 Å². The highest BCUT2D eigenvalue weighted by Crippen LogP contribution is 2.20. The summed E-state index contributed by atoms with van der Waals surface area (Å²) in [5, 5.41) is 0. The van der Waals surface area contributed by atoms with Crippen molar-refractivity contribution in [3.63, 3.8) is 0 Å². The van der Waals surface area contributed by atoms with Crippen molar-refractivity contribution >= 4 is 17.7 Å². The number of aromatic amines is 2. The van der Waals surface area contributed by atoms with Crippen LogP contribution < -0.4 is 5.56 Å². The van der Waals surface area contributed by atoms with Crippen molar-refractivity contribution in [3.05, 3.63) is 56.8 Å². The normalized spacial score (nSPS) is 10.4.